The number of hydrogen-bond acceptors (Lipinski definition) is 6. The number of fused-ring (bicyclic) bond motifs is 1. The van der Waals surface area contributed by atoms with Crippen LogP contribution in [0.1, 0.15) is 12.0 Å². The molecule has 132 valence electrons. The minimum absolute atomic E-state index is 0.0387. The lowest BCUT2D eigenvalue weighted by atomic mass is 10.1. The Morgan fingerprint density at radius 2 is 2.24 bits per heavy atom. The first-order valence-electron chi connectivity index (χ1n) is 7.55. The third-order valence-electron chi connectivity index (χ3n) is 3.98. The summed E-state index contributed by atoms with van der Waals surface area (Å²) in [5.41, 5.74) is 3.60. The molecule has 25 heavy (non-hydrogen) atoms. The quantitative estimate of drug-likeness (QED) is 0.494. The summed E-state index contributed by atoms with van der Waals surface area (Å²) in [6, 6.07) is 7.18. The highest BCUT2D eigenvalue weighted by Crippen LogP contribution is 2.23. The fourth-order valence-corrected chi connectivity index (χ4v) is 4.56. The molecule has 1 amide bonds. The minimum Gasteiger partial charge on any atom is -0.497 e. The number of sulfone groups is 1. The smallest absolute Gasteiger partial charge is 0.244 e. The number of amides is 1. The molecule has 7 nitrogen and oxygen atoms in total. The second-order valence-corrected chi connectivity index (χ2v) is 8.35. The molecule has 1 atom stereocenters. The summed E-state index contributed by atoms with van der Waals surface area (Å²) >= 11 is 6.13. The van der Waals surface area contributed by atoms with Crippen LogP contribution in [0.25, 0.3) is 10.9 Å². The van der Waals surface area contributed by atoms with Gasteiger partial charge in [0.25, 0.3) is 0 Å². The average molecular weight is 382 g/mol. The molecule has 1 N–H and O–H groups in total. The monoisotopic (exact) mass is 381 g/mol. The van der Waals surface area contributed by atoms with Crippen molar-refractivity contribution < 1.29 is 17.9 Å². The van der Waals surface area contributed by atoms with Gasteiger partial charge in [-0.15, -0.1) is 0 Å². The van der Waals surface area contributed by atoms with Gasteiger partial charge in [-0.2, -0.15) is 5.10 Å². The number of benzene rings is 1. The molecule has 0 unspecified atom stereocenters. The predicted octanol–water partition coefficient (Wildman–Crippen LogP) is 1.78. The molecule has 3 rings (SSSR count). The van der Waals surface area contributed by atoms with Crippen molar-refractivity contribution in [2.24, 2.45) is 11.0 Å². The Labute approximate surface area is 150 Å². The number of hydrogen-bond donors (Lipinski definition) is 1. The number of aromatic nitrogens is 1. The molecule has 1 saturated heterocycles. The van der Waals surface area contributed by atoms with Crippen molar-refractivity contribution in [3.05, 3.63) is 35.0 Å². The number of carbonyl (C=O) groups is 1. The lowest BCUT2D eigenvalue weighted by Gasteiger charge is -2.06. The number of nitrogens with zero attached hydrogens (tertiary/aromatic N) is 2. The number of halogens is 1. The number of pyridine rings is 1. The Morgan fingerprint density at radius 1 is 1.44 bits per heavy atom. The zero-order valence-electron chi connectivity index (χ0n) is 13.4. The number of rotatable bonds is 4. The topological polar surface area (TPSA) is 97.7 Å². The van der Waals surface area contributed by atoms with Crippen LogP contribution >= 0.6 is 11.6 Å². The molecule has 1 aromatic heterocycles. The van der Waals surface area contributed by atoms with Crippen molar-refractivity contribution >= 4 is 44.5 Å². The SMILES string of the molecule is COc1ccc2nc(Cl)c(/C=N\NC(=O)[C@@H]3CCS(=O)(=O)C3)cc2c1. The Balaban J connectivity index is 1.74. The van der Waals surface area contributed by atoms with Crippen molar-refractivity contribution in [3.8, 4) is 5.75 Å². The lowest BCUT2D eigenvalue weighted by molar-refractivity contribution is -0.124. The third kappa shape index (κ3) is 4.08. The second-order valence-electron chi connectivity index (χ2n) is 5.76. The summed E-state index contributed by atoms with van der Waals surface area (Å²) in [5.74, 6) is -0.375. The van der Waals surface area contributed by atoms with Crippen LogP contribution in [0, 0.1) is 5.92 Å². The van der Waals surface area contributed by atoms with Crippen LogP contribution in [0.15, 0.2) is 29.4 Å². The molecule has 1 aromatic carbocycles. The summed E-state index contributed by atoms with van der Waals surface area (Å²) in [4.78, 5) is 16.2. The van der Waals surface area contributed by atoms with E-state index in [0.717, 1.165) is 5.39 Å². The van der Waals surface area contributed by atoms with Crippen molar-refractivity contribution in [1.29, 1.82) is 0 Å². The highest BCUT2D eigenvalue weighted by atomic mass is 35.5. The highest BCUT2D eigenvalue weighted by Gasteiger charge is 2.32. The molecule has 0 spiro atoms. The first-order valence-corrected chi connectivity index (χ1v) is 9.75. The van der Waals surface area contributed by atoms with Crippen molar-refractivity contribution in [2.75, 3.05) is 18.6 Å². The highest BCUT2D eigenvalue weighted by molar-refractivity contribution is 7.91. The van der Waals surface area contributed by atoms with Gasteiger partial charge in [0.1, 0.15) is 10.9 Å². The fraction of sp³-hybridized carbons (Fsp3) is 0.312. The zero-order chi connectivity index (χ0) is 18.0. The second kappa shape index (κ2) is 6.97. The number of methoxy groups -OCH3 is 1. The van der Waals surface area contributed by atoms with E-state index < -0.39 is 21.7 Å². The van der Waals surface area contributed by atoms with Gasteiger partial charge in [0.05, 0.1) is 36.3 Å². The van der Waals surface area contributed by atoms with Crippen molar-refractivity contribution in [2.45, 2.75) is 6.42 Å². The average Bonchev–Trinajstić information content (AvgIpc) is 2.95. The van der Waals surface area contributed by atoms with Gasteiger partial charge in [0.15, 0.2) is 9.84 Å². The van der Waals surface area contributed by atoms with E-state index in [2.05, 4.69) is 15.5 Å². The standard InChI is InChI=1S/C16H16ClN3O4S/c1-24-13-2-3-14-11(7-13)6-12(15(17)19-14)8-18-20-16(21)10-4-5-25(22,23)9-10/h2-3,6-8,10H,4-5,9H2,1H3,(H,20,21)/b18-8-/t10-/m1/s1. The summed E-state index contributed by atoms with van der Waals surface area (Å²) in [6.45, 7) is 0. The molecule has 9 heteroatoms. The van der Waals surface area contributed by atoms with Crippen molar-refractivity contribution in [1.82, 2.24) is 10.4 Å². The molecule has 1 fully saturated rings. The van der Waals surface area contributed by atoms with Gasteiger partial charge in [-0.1, -0.05) is 11.6 Å². The fourth-order valence-electron chi connectivity index (χ4n) is 2.62. The van der Waals surface area contributed by atoms with Crippen LogP contribution < -0.4 is 10.2 Å². The molecule has 1 aliphatic rings. The van der Waals surface area contributed by atoms with Gasteiger partial charge in [-0.05, 0) is 30.7 Å². The zero-order valence-corrected chi connectivity index (χ0v) is 15.0. The predicted molar refractivity (Wildman–Crippen MR) is 95.8 cm³/mol. The maximum Gasteiger partial charge on any atom is 0.244 e. The van der Waals surface area contributed by atoms with Crippen molar-refractivity contribution in [3.63, 3.8) is 0 Å². The molecule has 0 aliphatic carbocycles. The van der Waals surface area contributed by atoms with Crippen LogP contribution in [-0.4, -0.2) is 44.1 Å². The van der Waals surface area contributed by atoms with Gasteiger partial charge in [-0.3, -0.25) is 4.79 Å². The number of carbonyl (C=O) groups excluding carboxylic acids is 1. The first kappa shape index (κ1) is 17.6. The van der Waals surface area contributed by atoms with E-state index in [1.807, 2.05) is 6.07 Å². The number of nitrogens with one attached hydrogen (secondary N) is 1. The van der Waals surface area contributed by atoms with E-state index in [1.165, 1.54) is 6.21 Å². The largest absolute Gasteiger partial charge is 0.497 e. The van der Waals surface area contributed by atoms with E-state index in [9.17, 15) is 13.2 Å². The van der Waals surface area contributed by atoms with Crippen LogP contribution in [0.2, 0.25) is 5.15 Å². The van der Waals surface area contributed by atoms with Crippen LogP contribution in [0.5, 0.6) is 5.75 Å². The molecule has 0 bridgehead atoms. The molecular formula is C16H16ClN3O4S. The van der Waals surface area contributed by atoms with E-state index in [-0.39, 0.29) is 16.7 Å². The number of hydrazone groups is 1. The third-order valence-corrected chi connectivity index (χ3v) is 6.05. The van der Waals surface area contributed by atoms with Crippen LogP contribution in [-0.2, 0) is 14.6 Å². The maximum absolute atomic E-state index is 11.9. The molecule has 0 saturated carbocycles. The summed E-state index contributed by atoms with van der Waals surface area (Å²) < 4.78 is 28.0. The minimum atomic E-state index is -3.11. The molecule has 1 aliphatic heterocycles. The normalized spacial score (nSPS) is 19.4. The van der Waals surface area contributed by atoms with E-state index in [0.29, 0.717) is 23.3 Å². The first-order chi connectivity index (χ1) is 11.9. The molecule has 2 aromatic rings. The van der Waals surface area contributed by atoms with Gasteiger partial charge in [0, 0.05) is 10.9 Å². The van der Waals surface area contributed by atoms with Gasteiger partial charge in [0.2, 0.25) is 5.91 Å². The van der Waals surface area contributed by atoms with Gasteiger partial charge >= 0.3 is 0 Å². The summed E-state index contributed by atoms with van der Waals surface area (Å²) in [7, 11) is -1.54. The summed E-state index contributed by atoms with van der Waals surface area (Å²) in [5, 5.41) is 4.94. The Morgan fingerprint density at radius 3 is 2.92 bits per heavy atom. The molecule has 0 radical (unpaired) electrons. The lowest BCUT2D eigenvalue weighted by Crippen LogP contribution is -2.27. The molecular weight excluding hydrogens is 366 g/mol. The Bertz CT molecular complexity index is 959. The van der Waals surface area contributed by atoms with E-state index in [1.54, 1.807) is 25.3 Å². The Hall–Kier alpha value is -2.19. The van der Waals surface area contributed by atoms with Gasteiger partial charge in [-0.25, -0.2) is 18.8 Å². The molecule has 2 heterocycles. The summed E-state index contributed by atoms with van der Waals surface area (Å²) in [6.07, 6.45) is 1.71. The van der Waals surface area contributed by atoms with Crippen LogP contribution in [0.4, 0.5) is 0 Å². The van der Waals surface area contributed by atoms with Gasteiger partial charge < -0.3 is 4.74 Å². The Kier molecular flexibility index (Phi) is 4.91. The van der Waals surface area contributed by atoms with Crippen LogP contribution in [0.3, 0.4) is 0 Å². The van der Waals surface area contributed by atoms with E-state index in [4.69, 9.17) is 16.3 Å². The maximum atomic E-state index is 11.9. The van der Waals surface area contributed by atoms with E-state index >= 15 is 0 Å². The number of ether oxygens (including phenoxy) is 1.